The van der Waals surface area contributed by atoms with Gasteiger partial charge in [-0.15, -0.1) is 0 Å². The van der Waals surface area contributed by atoms with Crippen LogP contribution in [0, 0.1) is 0 Å². The first-order valence-corrected chi connectivity index (χ1v) is 4.94. The van der Waals surface area contributed by atoms with Crippen molar-refractivity contribution >= 4 is 33.4 Å². The number of hydrogen-bond donors (Lipinski definition) is 0. The highest BCUT2D eigenvalue weighted by Crippen LogP contribution is 2.15. The molecule has 0 saturated carbocycles. The highest BCUT2D eigenvalue weighted by Gasteiger charge is 1.93. The number of rotatable bonds is 3. The van der Waals surface area contributed by atoms with Gasteiger partial charge in [0, 0.05) is 10.2 Å². The molecule has 0 N–H and O–H groups in total. The maximum absolute atomic E-state index is 5.54. The van der Waals surface area contributed by atoms with Crippen molar-refractivity contribution in [3.05, 3.63) is 9.69 Å². The normalized spacial score (nSPS) is 9.67. The van der Waals surface area contributed by atoms with E-state index in [1.807, 2.05) is 0 Å². The van der Waals surface area contributed by atoms with Crippen molar-refractivity contribution in [3.8, 4) is 0 Å². The second-order valence-electron chi connectivity index (χ2n) is 2.14. The first-order chi connectivity index (χ1) is 4.18. The second-order valence-corrected chi connectivity index (χ2v) is 4.30. The molecule has 0 amide bonds. The van der Waals surface area contributed by atoms with Crippen molar-refractivity contribution < 1.29 is 0 Å². The van der Waals surface area contributed by atoms with Crippen molar-refractivity contribution in [2.24, 2.45) is 0 Å². The van der Waals surface area contributed by atoms with Gasteiger partial charge in [0.1, 0.15) is 4.49 Å². The first-order valence-electron chi connectivity index (χ1n) is 3.19. The van der Waals surface area contributed by atoms with Crippen LogP contribution in [0.4, 0.5) is 0 Å². The Morgan fingerprint density at radius 1 is 1.44 bits per heavy atom. The van der Waals surface area contributed by atoms with Crippen LogP contribution in [-0.4, -0.2) is 10.2 Å². The third kappa shape index (κ3) is 5.01. The van der Waals surface area contributed by atoms with Gasteiger partial charge in [0.15, 0.2) is 0 Å². The molecule has 0 aromatic carbocycles. The van der Waals surface area contributed by atoms with Gasteiger partial charge in [-0.05, 0) is 6.42 Å². The van der Waals surface area contributed by atoms with Crippen molar-refractivity contribution in [2.45, 2.75) is 26.2 Å². The summed E-state index contributed by atoms with van der Waals surface area (Å²) in [6.45, 7) is 2.16. The minimum absolute atomic E-state index is 0.495. The molecule has 0 atom stereocenters. The van der Waals surface area contributed by atoms with E-state index >= 15 is 0 Å². The molecule has 0 saturated heterocycles. The lowest BCUT2D eigenvalue weighted by atomic mass is 10.2. The largest absolute Gasteiger partial charge is 0.101 e. The minimum Gasteiger partial charge on any atom is -0.0714 e. The van der Waals surface area contributed by atoms with Crippen LogP contribution in [0.1, 0.15) is 26.2 Å². The molecule has 3 heteroatoms. The number of halogens is 2. The van der Waals surface area contributed by atoms with Gasteiger partial charge in [0.2, 0.25) is 0 Å². The third-order valence-corrected chi connectivity index (χ3v) is 3.51. The number of unbranched alkanes of at least 4 members (excludes halogenated alkanes) is 1. The topological polar surface area (TPSA) is 0 Å². The molecule has 0 aromatic rings. The minimum atomic E-state index is 0.495. The molecule has 54 valence electrons. The Hall–Kier alpha value is 0.537. The van der Waals surface area contributed by atoms with Crippen LogP contribution in [0.25, 0.3) is 0 Å². The quantitative estimate of drug-likeness (QED) is 0.588. The molecular formula is C6H12Cl2Si. The molecule has 0 spiro atoms. The predicted octanol–water partition coefficient (Wildman–Crippen LogP) is 2.19. The molecule has 0 radical (unpaired) electrons. The number of hydrogen-bond acceptors (Lipinski definition) is 0. The fourth-order valence-electron chi connectivity index (χ4n) is 0.536. The van der Waals surface area contributed by atoms with E-state index in [-0.39, 0.29) is 0 Å². The van der Waals surface area contributed by atoms with Crippen LogP contribution in [-0.2, 0) is 0 Å². The lowest BCUT2D eigenvalue weighted by Gasteiger charge is -1.97. The molecule has 0 heterocycles. The summed E-state index contributed by atoms with van der Waals surface area (Å²) < 4.78 is 0.495. The molecule has 0 nitrogen and oxygen atoms in total. The summed E-state index contributed by atoms with van der Waals surface area (Å²) in [5, 5.41) is 1.24. The van der Waals surface area contributed by atoms with Gasteiger partial charge in [0.05, 0.1) is 0 Å². The van der Waals surface area contributed by atoms with Crippen LogP contribution < -0.4 is 0 Å². The van der Waals surface area contributed by atoms with Crippen LogP contribution in [0.5, 0.6) is 0 Å². The standard InChI is InChI=1S/C6H12Cl2Si/c1-2-3-4-5(9)6(7)8/h2-4H2,1,9H3. The summed E-state index contributed by atoms with van der Waals surface area (Å²) in [4.78, 5) is 0. The van der Waals surface area contributed by atoms with Gasteiger partial charge in [-0.1, -0.05) is 48.2 Å². The van der Waals surface area contributed by atoms with Crippen molar-refractivity contribution in [1.29, 1.82) is 0 Å². The van der Waals surface area contributed by atoms with Crippen LogP contribution >= 0.6 is 23.2 Å². The zero-order valence-corrected chi connectivity index (χ0v) is 9.39. The highest BCUT2D eigenvalue weighted by atomic mass is 35.5. The Kier molecular flexibility index (Phi) is 5.65. The first kappa shape index (κ1) is 9.54. The lowest BCUT2D eigenvalue weighted by molar-refractivity contribution is 0.807. The summed E-state index contributed by atoms with van der Waals surface area (Å²) in [6, 6.07) is 0. The van der Waals surface area contributed by atoms with Crippen molar-refractivity contribution in [2.75, 3.05) is 0 Å². The van der Waals surface area contributed by atoms with E-state index in [1.165, 1.54) is 18.0 Å². The van der Waals surface area contributed by atoms with E-state index in [0.717, 1.165) is 16.7 Å². The molecule has 0 rings (SSSR count). The molecule has 9 heavy (non-hydrogen) atoms. The van der Waals surface area contributed by atoms with Crippen LogP contribution in [0.15, 0.2) is 9.69 Å². The van der Waals surface area contributed by atoms with E-state index in [0.29, 0.717) is 4.49 Å². The lowest BCUT2D eigenvalue weighted by Crippen LogP contribution is -1.82. The van der Waals surface area contributed by atoms with E-state index < -0.39 is 0 Å². The molecule has 0 bridgehead atoms. The predicted molar refractivity (Wildman–Crippen MR) is 48.2 cm³/mol. The average molecular weight is 183 g/mol. The maximum atomic E-state index is 5.54. The smallest absolute Gasteiger partial charge is 0.0714 e. The number of allylic oxidation sites excluding steroid dienone is 1. The molecule has 0 unspecified atom stereocenters. The molecular weight excluding hydrogens is 171 g/mol. The van der Waals surface area contributed by atoms with Gasteiger partial charge in [-0.2, -0.15) is 0 Å². The Labute approximate surface area is 69.7 Å². The fourth-order valence-corrected chi connectivity index (χ4v) is 1.08. The van der Waals surface area contributed by atoms with E-state index in [4.69, 9.17) is 23.2 Å². The zero-order chi connectivity index (χ0) is 7.28. The monoisotopic (exact) mass is 182 g/mol. The van der Waals surface area contributed by atoms with Crippen LogP contribution in [0.2, 0.25) is 0 Å². The van der Waals surface area contributed by atoms with Gasteiger partial charge < -0.3 is 0 Å². The summed E-state index contributed by atoms with van der Waals surface area (Å²) in [6.07, 6.45) is 3.51. The van der Waals surface area contributed by atoms with Crippen molar-refractivity contribution in [1.82, 2.24) is 0 Å². The summed E-state index contributed by atoms with van der Waals surface area (Å²) in [5.41, 5.74) is 0. The molecule has 0 aliphatic rings. The fraction of sp³-hybridized carbons (Fsp3) is 0.667. The third-order valence-electron chi connectivity index (χ3n) is 1.23. The summed E-state index contributed by atoms with van der Waals surface area (Å²) in [7, 11) is 1.00. The Morgan fingerprint density at radius 2 is 2.00 bits per heavy atom. The molecule has 0 fully saturated rings. The maximum Gasteiger partial charge on any atom is 0.101 e. The Morgan fingerprint density at radius 3 is 2.33 bits per heavy atom. The molecule has 0 aliphatic carbocycles. The van der Waals surface area contributed by atoms with E-state index in [2.05, 4.69) is 6.92 Å². The van der Waals surface area contributed by atoms with E-state index in [9.17, 15) is 0 Å². The van der Waals surface area contributed by atoms with Crippen LogP contribution in [0.3, 0.4) is 0 Å². The Balaban J connectivity index is 3.50. The second kappa shape index (κ2) is 5.33. The highest BCUT2D eigenvalue weighted by molar-refractivity contribution is 6.58. The SMILES string of the molecule is CCCCC([SiH3])=C(Cl)Cl. The summed E-state index contributed by atoms with van der Waals surface area (Å²) >= 11 is 11.1. The van der Waals surface area contributed by atoms with Crippen molar-refractivity contribution in [3.63, 3.8) is 0 Å². The average Bonchev–Trinajstić information content (AvgIpc) is 1.82. The van der Waals surface area contributed by atoms with Gasteiger partial charge in [-0.3, -0.25) is 0 Å². The summed E-state index contributed by atoms with van der Waals surface area (Å²) in [5.74, 6) is 0. The Bertz CT molecular complexity index is 106. The van der Waals surface area contributed by atoms with Gasteiger partial charge in [-0.25, -0.2) is 0 Å². The van der Waals surface area contributed by atoms with Gasteiger partial charge >= 0.3 is 0 Å². The molecule has 0 aliphatic heterocycles. The van der Waals surface area contributed by atoms with E-state index in [1.54, 1.807) is 0 Å². The zero-order valence-electron chi connectivity index (χ0n) is 5.88. The van der Waals surface area contributed by atoms with Gasteiger partial charge in [0.25, 0.3) is 0 Å². The molecule has 0 aromatic heterocycles.